The second-order valence-corrected chi connectivity index (χ2v) is 3.21. The first-order chi connectivity index (χ1) is 3.97. The van der Waals surface area contributed by atoms with Gasteiger partial charge in [-0.2, -0.15) is 14.1 Å². The standard InChI is InChI=1S/C4H9N.C2H6N.Nb/c1-4(2,3)5;1-3-2;/h1-3H3;1-2H3;/q;-1;. The maximum Gasteiger partial charge on any atom is -0.162 e. The fourth-order valence-corrected chi connectivity index (χ4v) is 0. The van der Waals surface area contributed by atoms with Gasteiger partial charge in [0.2, 0.25) is 0 Å². The molecule has 0 fully saturated rings. The first kappa shape index (κ1) is 12.2. The topological polar surface area (TPSA) is 26.5 Å². The summed E-state index contributed by atoms with van der Waals surface area (Å²) in [6.45, 7) is 6.27. The van der Waals surface area contributed by atoms with Gasteiger partial charge in [-0.3, -0.25) is 0 Å². The molecule has 0 N–H and O–H groups in total. The van der Waals surface area contributed by atoms with Crippen LogP contribution in [0, 0.1) is 0 Å². The van der Waals surface area contributed by atoms with Gasteiger partial charge >= 0.3 is 50.5 Å². The summed E-state index contributed by atoms with van der Waals surface area (Å²) in [6.07, 6.45) is 0. The van der Waals surface area contributed by atoms with E-state index in [4.69, 9.17) is 0 Å². The Labute approximate surface area is 70.2 Å². The molecule has 2 nitrogen and oxygen atoms in total. The molecule has 0 aromatic heterocycles. The van der Waals surface area contributed by atoms with Gasteiger partial charge in [0.15, 0.2) is 0 Å². The molecular weight excluding hydrogens is 193 g/mol. The number of rotatable bonds is 0. The maximum absolute atomic E-state index is 4.07. The Morgan fingerprint density at radius 2 is 1.33 bits per heavy atom. The summed E-state index contributed by atoms with van der Waals surface area (Å²) < 4.78 is 4.07. The van der Waals surface area contributed by atoms with Gasteiger partial charge in [0, 0.05) is 0 Å². The quantitative estimate of drug-likeness (QED) is 0.545. The Balaban J connectivity index is 0. The van der Waals surface area contributed by atoms with Gasteiger partial charge in [-0.15, -0.1) is 0 Å². The van der Waals surface area contributed by atoms with Crippen molar-refractivity contribution < 1.29 is 20.9 Å². The van der Waals surface area contributed by atoms with Crippen LogP contribution in [0.1, 0.15) is 20.8 Å². The summed E-state index contributed by atoms with van der Waals surface area (Å²) in [5.41, 5.74) is 0.189. The SMILES string of the molecule is CC(C)(C)[N]=[Nb].C[N-]C. The van der Waals surface area contributed by atoms with Crippen molar-refractivity contribution in [2.24, 2.45) is 3.34 Å². The average Bonchev–Trinajstić information content (AvgIpc) is 1.67. The molecule has 0 aliphatic rings. The van der Waals surface area contributed by atoms with Crippen LogP contribution in [-0.2, 0) is 20.9 Å². The van der Waals surface area contributed by atoms with E-state index < -0.39 is 0 Å². The number of hydrogen-bond donors (Lipinski definition) is 0. The first-order valence-corrected chi connectivity index (χ1v) is 3.80. The van der Waals surface area contributed by atoms with Gasteiger partial charge in [-0.1, -0.05) is 0 Å². The second-order valence-electron chi connectivity index (χ2n) is 2.72. The summed E-state index contributed by atoms with van der Waals surface area (Å²) in [5.74, 6) is 0. The van der Waals surface area contributed by atoms with E-state index >= 15 is 0 Å². The third kappa shape index (κ3) is 29.3. The summed E-state index contributed by atoms with van der Waals surface area (Å²) in [7, 11) is 3.50. The van der Waals surface area contributed by atoms with Crippen molar-refractivity contribution in [1.29, 1.82) is 0 Å². The Kier molecular flexibility index (Phi) is 8.97. The van der Waals surface area contributed by atoms with Crippen molar-refractivity contribution in [2.75, 3.05) is 14.1 Å². The normalized spacial score (nSPS) is 9.33. The van der Waals surface area contributed by atoms with Gasteiger partial charge in [0.25, 0.3) is 0 Å². The zero-order valence-corrected chi connectivity index (χ0v) is 9.04. The third-order valence-electron chi connectivity index (χ3n) is 0.300. The smallest absolute Gasteiger partial charge is 0.162 e. The van der Waals surface area contributed by atoms with Gasteiger partial charge in [-0.25, -0.2) is 0 Å². The molecule has 0 saturated carbocycles. The molecule has 0 aliphatic carbocycles. The molecule has 0 saturated heterocycles. The predicted molar refractivity (Wildman–Crippen MR) is 37.4 cm³/mol. The van der Waals surface area contributed by atoms with E-state index in [0.717, 1.165) is 0 Å². The zero-order chi connectivity index (χ0) is 7.91. The minimum Gasteiger partial charge on any atom is -0.668 e. The average molecular weight is 208 g/mol. The van der Waals surface area contributed by atoms with Crippen LogP contribution >= 0.6 is 0 Å². The van der Waals surface area contributed by atoms with Crippen LogP contribution < -0.4 is 0 Å². The molecule has 3 heteroatoms. The molecule has 0 aromatic rings. The molecule has 0 radical (unpaired) electrons. The van der Waals surface area contributed by atoms with Crippen LogP contribution in [0.3, 0.4) is 0 Å². The molecule has 0 spiro atoms. The van der Waals surface area contributed by atoms with E-state index in [-0.39, 0.29) is 5.54 Å². The zero-order valence-electron chi connectivity index (χ0n) is 6.84. The molecule has 0 heterocycles. The van der Waals surface area contributed by atoms with Gasteiger partial charge in [0.1, 0.15) is 0 Å². The predicted octanol–water partition coefficient (Wildman–Crippen LogP) is 2.13. The fraction of sp³-hybridized carbons (Fsp3) is 1.00. The van der Waals surface area contributed by atoms with Crippen molar-refractivity contribution in [3.05, 3.63) is 5.32 Å². The molecule has 9 heavy (non-hydrogen) atoms. The molecular formula is C6H15N2Nb-. The van der Waals surface area contributed by atoms with E-state index in [1.165, 1.54) is 20.9 Å². The van der Waals surface area contributed by atoms with Crippen molar-refractivity contribution in [3.8, 4) is 0 Å². The minimum atomic E-state index is 0.189. The summed E-state index contributed by atoms with van der Waals surface area (Å²) >= 11 is 1.52. The van der Waals surface area contributed by atoms with E-state index in [1.54, 1.807) is 14.1 Å². The van der Waals surface area contributed by atoms with Crippen molar-refractivity contribution >= 4 is 0 Å². The Bertz CT molecular complexity index is 65.9. The largest absolute Gasteiger partial charge is 0.668 e. The molecule has 0 aliphatic heterocycles. The maximum atomic E-state index is 4.07. The molecule has 0 rings (SSSR count). The third-order valence-corrected chi connectivity index (χ3v) is 1.77. The minimum absolute atomic E-state index is 0.189. The Morgan fingerprint density at radius 3 is 1.33 bits per heavy atom. The summed E-state index contributed by atoms with van der Waals surface area (Å²) in [5, 5.41) is 3.50. The van der Waals surface area contributed by atoms with Crippen LogP contribution in [-0.4, -0.2) is 19.6 Å². The molecule has 0 bridgehead atoms. The van der Waals surface area contributed by atoms with Crippen LogP contribution in [0.15, 0.2) is 3.34 Å². The van der Waals surface area contributed by atoms with Crippen molar-refractivity contribution in [2.45, 2.75) is 26.3 Å². The Morgan fingerprint density at radius 1 is 1.22 bits per heavy atom. The molecule has 0 amide bonds. The van der Waals surface area contributed by atoms with Crippen LogP contribution in [0.25, 0.3) is 5.32 Å². The van der Waals surface area contributed by atoms with E-state index in [2.05, 4.69) is 29.4 Å². The monoisotopic (exact) mass is 208 g/mol. The van der Waals surface area contributed by atoms with Gasteiger partial charge in [0.05, 0.1) is 0 Å². The summed E-state index contributed by atoms with van der Waals surface area (Å²) in [4.78, 5) is 0. The summed E-state index contributed by atoms with van der Waals surface area (Å²) in [6, 6.07) is 0. The fourth-order valence-electron chi connectivity index (χ4n) is 0. The van der Waals surface area contributed by atoms with E-state index in [1.807, 2.05) is 0 Å². The van der Waals surface area contributed by atoms with Crippen LogP contribution in [0.5, 0.6) is 0 Å². The van der Waals surface area contributed by atoms with Gasteiger partial charge < -0.3 is 5.32 Å². The molecule has 0 unspecified atom stereocenters. The number of nitrogens with zero attached hydrogens (tertiary/aromatic N) is 2. The van der Waals surface area contributed by atoms with Crippen LogP contribution in [0.2, 0.25) is 0 Å². The van der Waals surface area contributed by atoms with E-state index in [0.29, 0.717) is 0 Å². The second kappa shape index (κ2) is 6.62. The molecule has 0 atom stereocenters. The molecule has 0 aromatic carbocycles. The molecule has 55 valence electrons. The van der Waals surface area contributed by atoms with Crippen LogP contribution in [0.4, 0.5) is 0 Å². The van der Waals surface area contributed by atoms with Crippen molar-refractivity contribution in [3.63, 3.8) is 0 Å². The van der Waals surface area contributed by atoms with E-state index in [9.17, 15) is 0 Å². The van der Waals surface area contributed by atoms with Gasteiger partial charge in [-0.05, 0) is 0 Å². The number of hydrogen-bond acceptors (Lipinski definition) is 1. The first-order valence-electron chi connectivity index (χ1n) is 2.82. The Hall–Kier alpha value is 0.500. The van der Waals surface area contributed by atoms with Crippen molar-refractivity contribution in [1.82, 2.24) is 0 Å².